The minimum absolute atomic E-state index is 0.0799. The molecule has 0 unspecified atom stereocenters. The summed E-state index contributed by atoms with van der Waals surface area (Å²) in [5.74, 6) is -0.841. The topological polar surface area (TPSA) is 47.4 Å². The van der Waals surface area contributed by atoms with Crippen molar-refractivity contribution >= 4 is 12.0 Å². The lowest BCUT2D eigenvalue weighted by molar-refractivity contribution is -0.130. The van der Waals surface area contributed by atoms with E-state index in [-0.39, 0.29) is 11.5 Å². The molecule has 7 heteroatoms. The van der Waals surface area contributed by atoms with E-state index in [4.69, 9.17) is 4.74 Å². The summed E-state index contributed by atoms with van der Waals surface area (Å²) in [4.78, 5) is 19.0. The number of likely N-dealkylation sites (tertiary alicyclic amines) is 1. The van der Waals surface area contributed by atoms with Crippen molar-refractivity contribution in [1.82, 2.24) is 14.5 Å². The first-order valence-electron chi connectivity index (χ1n) is 10.5. The maximum absolute atomic E-state index is 14.3. The van der Waals surface area contributed by atoms with Crippen LogP contribution in [0, 0.1) is 18.6 Å². The molecule has 0 radical (unpaired) electrons. The number of aromatic nitrogens is 2. The summed E-state index contributed by atoms with van der Waals surface area (Å²) in [5, 5.41) is 0. The molecule has 166 valence electrons. The van der Waals surface area contributed by atoms with Crippen LogP contribution in [0.3, 0.4) is 0 Å². The Bertz CT molecular complexity index is 1170. The first-order valence-corrected chi connectivity index (χ1v) is 10.5. The Morgan fingerprint density at radius 1 is 1.19 bits per heavy atom. The van der Waals surface area contributed by atoms with Crippen molar-refractivity contribution in [3.8, 4) is 11.4 Å². The van der Waals surface area contributed by atoms with Crippen LogP contribution >= 0.6 is 0 Å². The van der Waals surface area contributed by atoms with Gasteiger partial charge in [-0.25, -0.2) is 13.8 Å². The van der Waals surface area contributed by atoms with E-state index in [0.717, 1.165) is 23.4 Å². The number of hydrogen-bond donors (Lipinski definition) is 0. The molecule has 5 nitrogen and oxygen atoms in total. The third-order valence-corrected chi connectivity index (χ3v) is 5.80. The maximum Gasteiger partial charge on any atom is 0.250 e. The molecule has 4 rings (SSSR count). The number of carbonyl (C=O) groups excluding carboxylic acids is 1. The summed E-state index contributed by atoms with van der Waals surface area (Å²) in [6, 6.07) is 8.75. The molecular weight excluding hydrogens is 412 g/mol. The molecule has 1 aliphatic heterocycles. The Hall–Kier alpha value is -3.48. The summed E-state index contributed by atoms with van der Waals surface area (Å²) in [6.07, 6.45) is 6.78. The molecule has 0 N–H and O–H groups in total. The Morgan fingerprint density at radius 2 is 1.94 bits per heavy atom. The zero-order valence-corrected chi connectivity index (χ0v) is 18.3. The highest BCUT2D eigenvalue weighted by Gasteiger charge is 2.30. The van der Waals surface area contributed by atoms with E-state index in [9.17, 15) is 13.6 Å². The number of aryl methyl sites for hydroxylation is 1. The van der Waals surface area contributed by atoms with Crippen molar-refractivity contribution < 1.29 is 18.3 Å². The van der Waals surface area contributed by atoms with Crippen LogP contribution in [-0.4, -0.2) is 34.0 Å². The first kappa shape index (κ1) is 21.7. The van der Waals surface area contributed by atoms with Crippen molar-refractivity contribution in [3.05, 3.63) is 83.0 Å². The lowest BCUT2D eigenvalue weighted by atomic mass is 9.97. The molecule has 3 aromatic rings. The molecule has 0 spiro atoms. The summed E-state index contributed by atoms with van der Waals surface area (Å²) in [7, 11) is 1.59. The van der Waals surface area contributed by atoms with Gasteiger partial charge in [0.25, 0.3) is 0 Å². The van der Waals surface area contributed by atoms with Crippen molar-refractivity contribution in [2.75, 3.05) is 13.7 Å². The second kappa shape index (κ2) is 8.94. The van der Waals surface area contributed by atoms with Gasteiger partial charge in [0.1, 0.15) is 17.4 Å². The zero-order chi connectivity index (χ0) is 22.8. The third-order valence-electron chi connectivity index (χ3n) is 5.80. The van der Waals surface area contributed by atoms with E-state index in [1.54, 1.807) is 20.4 Å². The Balaban J connectivity index is 1.62. The average Bonchev–Trinajstić information content (AvgIpc) is 3.21. The lowest BCUT2D eigenvalue weighted by Gasteiger charge is -2.34. The number of rotatable bonds is 5. The number of imidazole rings is 1. The maximum atomic E-state index is 14.3. The minimum atomic E-state index is -0.700. The number of methoxy groups -OCH3 is 1. The highest BCUT2D eigenvalue weighted by Crippen LogP contribution is 2.32. The van der Waals surface area contributed by atoms with Gasteiger partial charge in [-0.2, -0.15) is 0 Å². The standard InChI is InChI=1S/C25H25F2N3O2/c1-16-14-29(15-28-16)22-10-9-18(13-23(22)32-3)12-19-6-5-11-30(25(19)31)17(2)24-20(26)7-4-8-21(24)27/h4,7-10,12-15,17H,5-6,11H2,1-3H3/t17-/m0/s1. The molecule has 1 aliphatic rings. The zero-order valence-electron chi connectivity index (χ0n) is 18.3. The fourth-order valence-electron chi connectivity index (χ4n) is 4.15. The Labute approximate surface area is 186 Å². The van der Waals surface area contributed by atoms with Gasteiger partial charge in [0.2, 0.25) is 5.91 Å². The predicted molar refractivity (Wildman–Crippen MR) is 119 cm³/mol. The van der Waals surface area contributed by atoms with Crippen LogP contribution in [0.5, 0.6) is 5.75 Å². The van der Waals surface area contributed by atoms with Crippen molar-refractivity contribution in [1.29, 1.82) is 0 Å². The van der Waals surface area contributed by atoms with Crippen LogP contribution in [0.2, 0.25) is 0 Å². The molecule has 1 aromatic heterocycles. The summed E-state index contributed by atoms with van der Waals surface area (Å²) in [6.45, 7) is 4.02. The van der Waals surface area contributed by atoms with Crippen LogP contribution in [-0.2, 0) is 4.79 Å². The van der Waals surface area contributed by atoms with Gasteiger partial charge < -0.3 is 14.2 Å². The fraction of sp³-hybridized carbons (Fsp3) is 0.280. The third kappa shape index (κ3) is 4.15. The highest BCUT2D eigenvalue weighted by molar-refractivity contribution is 5.98. The molecule has 2 aromatic carbocycles. The predicted octanol–water partition coefficient (Wildman–Crippen LogP) is 5.23. The Kier molecular flexibility index (Phi) is 6.08. The van der Waals surface area contributed by atoms with Crippen LogP contribution in [0.15, 0.2) is 54.5 Å². The monoisotopic (exact) mass is 437 g/mol. The lowest BCUT2D eigenvalue weighted by Crippen LogP contribution is -2.39. The molecule has 1 saturated heterocycles. The molecule has 1 atom stereocenters. The van der Waals surface area contributed by atoms with Gasteiger partial charge in [-0.05, 0) is 62.6 Å². The summed E-state index contributed by atoms with van der Waals surface area (Å²) < 4.78 is 36.0. The molecule has 32 heavy (non-hydrogen) atoms. The molecule has 0 bridgehead atoms. The van der Waals surface area contributed by atoms with Gasteiger partial charge in [0.05, 0.1) is 30.9 Å². The van der Waals surface area contributed by atoms with Gasteiger partial charge in [-0.3, -0.25) is 4.79 Å². The van der Waals surface area contributed by atoms with Crippen LogP contribution in [0.4, 0.5) is 8.78 Å². The normalized spacial score (nSPS) is 16.5. The number of nitrogens with zero attached hydrogens (tertiary/aromatic N) is 3. The molecule has 0 aliphatic carbocycles. The highest BCUT2D eigenvalue weighted by atomic mass is 19.1. The molecular formula is C25H25F2N3O2. The minimum Gasteiger partial charge on any atom is -0.495 e. The number of ether oxygens (including phenoxy) is 1. The fourth-order valence-corrected chi connectivity index (χ4v) is 4.15. The van der Waals surface area contributed by atoms with Crippen LogP contribution < -0.4 is 4.74 Å². The average molecular weight is 437 g/mol. The van der Waals surface area contributed by atoms with E-state index in [2.05, 4.69) is 4.98 Å². The first-order chi connectivity index (χ1) is 15.4. The number of carbonyl (C=O) groups is 1. The van der Waals surface area contributed by atoms with Gasteiger partial charge in [-0.15, -0.1) is 0 Å². The smallest absolute Gasteiger partial charge is 0.250 e. The summed E-state index contributed by atoms with van der Waals surface area (Å²) >= 11 is 0. The van der Waals surface area contributed by atoms with Crippen molar-refractivity contribution in [2.24, 2.45) is 0 Å². The van der Waals surface area contributed by atoms with E-state index in [1.807, 2.05) is 42.0 Å². The number of piperidine rings is 1. The van der Waals surface area contributed by atoms with E-state index in [0.29, 0.717) is 24.3 Å². The van der Waals surface area contributed by atoms with E-state index >= 15 is 0 Å². The van der Waals surface area contributed by atoms with Crippen molar-refractivity contribution in [2.45, 2.75) is 32.7 Å². The van der Waals surface area contributed by atoms with Crippen LogP contribution in [0.1, 0.15) is 42.6 Å². The van der Waals surface area contributed by atoms with Gasteiger partial charge >= 0.3 is 0 Å². The van der Waals surface area contributed by atoms with Gasteiger partial charge in [-0.1, -0.05) is 12.1 Å². The second-order valence-electron chi connectivity index (χ2n) is 7.94. The van der Waals surface area contributed by atoms with Crippen LogP contribution in [0.25, 0.3) is 11.8 Å². The summed E-state index contributed by atoms with van der Waals surface area (Å²) in [5.41, 5.74) is 3.08. The number of hydrogen-bond acceptors (Lipinski definition) is 3. The molecule has 2 heterocycles. The second-order valence-corrected chi connectivity index (χ2v) is 7.94. The molecule has 1 fully saturated rings. The quantitative estimate of drug-likeness (QED) is 0.513. The largest absolute Gasteiger partial charge is 0.495 e. The van der Waals surface area contributed by atoms with Crippen molar-refractivity contribution in [3.63, 3.8) is 0 Å². The number of halogens is 2. The number of amides is 1. The SMILES string of the molecule is COc1cc(C=C2CCCN([C@@H](C)c3c(F)cccc3F)C2=O)ccc1-n1cnc(C)c1. The number of benzene rings is 2. The van der Waals surface area contributed by atoms with Gasteiger partial charge in [0.15, 0.2) is 0 Å². The Morgan fingerprint density at radius 3 is 2.59 bits per heavy atom. The van der Waals surface area contributed by atoms with E-state index < -0.39 is 17.7 Å². The van der Waals surface area contributed by atoms with E-state index in [1.165, 1.54) is 23.1 Å². The molecule has 0 saturated carbocycles. The van der Waals surface area contributed by atoms with Gasteiger partial charge in [0, 0.05) is 23.9 Å². The molecule has 1 amide bonds.